The Morgan fingerprint density at radius 2 is 1.94 bits per heavy atom. The molecule has 9 heteroatoms. The molecule has 160 valence electrons. The number of hydrogen-bond donors (Lipinski definition) is 0. The molecule has 1 fully saturated rings. The first-order valence-corrected chi connectivity index (χ1v) is 11.0. The quantitative estimate of drug-likeness (QED) is 0.590. The molecule has 5 rings (SSSR count). The summed E-state index contributed by atoms with van der Waals surface area (Å²) in [5, 5.41) is 9.07. The Morgan fingerprint density at radius 1 is 1.16 bits per heavy atom. The fraction of sp³-hybridized carbons (Fsp3) is 0.455. The number of fused-ring (bicyclic) bond motifs is 4. The Labute approximate surface area is 183 Å². The number of aryl methyl sites for hydroxylation is 1. The molecule has 0 radical (unpaired) electrons. The predicted molar refractivity (Wildman–Crippen MR) is 116 cm³/mol. The van der Waals surface area contributed by atoms with Crippen LogP contribution in [0, 0.1) is 35.8 Å². The van der Waals surface area contributed by atoms with E-state index in [4.69, 9.17) is 4.74 Å². The van der Waals surface area contributed by atoms with Gasteiger partial charge in [0.15, 0.2) is 16.6 Å². The smallest absolute Gasteiger partial charge is 0.191 e. The second-order valence-corrected chi connectivity index (χ2v) is 9.42. The number of nitrogens with zero attached hydrogens (tertiary/aromatic N) is 5. The van der Waals surface area contributed by atoms with Gasteiger partial charge in [0.05, 0.1) is 34.9 Å². The van der Waals surface area contributed by atoms with Crippen LogP contribution in [0.5, 0.6) is 0 Å². The number of halogens is 2. The van der Waals surface area contributed by atoms with E-state index < -0.39 is 17.0 Å². The highest BCUT2D eigenvalue weighted by Crippen LogP contribution is 2.46. The Kier molecular flexibility index (Phi) is 4.87. The lowest BCUT2D eigenvalue weighted by molar-refractivity contribution is -0.0433. The fourth-order valence-electron chi connectivity index (χ4n) is 4.94. The maximum atomic E-state index is 15.4. The average Bonchev–Trinajstić information content (AvgIpc) is 3.14. The van der Waals surface area contributed by atoms with Gasteiger partial charge in [0.25, 0.3) is 0 Å². The molecule has 0 amide bonds. The summed E-state index contributed by atoms with van der Waals surface area (Å²) in [5.74, 6) is 3.73. The molecule has 3 aliphatic rings. The van der Waals surface area contributed by atoms with Gasteiger partial charge in [-0.1, -0.05) is 17.3 Å². The predicted octanol–water partition coefficient (Wildman–Crippen LogP) is 3.16. The Hall–Kier alpha value is -2.70. The molecule has 31 heavy (non-hydrogen) atoms. The maximum absolute atomic E-state index is 15.4. The lowest BCUT2D eigenvalue weighted by atomic mass is 9.69. The van der Waals surface area contributed by atoms with Gasteiger partial charge in [-0.15, -0.1) is 10.2 Å². The summed E-state index contributed by atoms with van der Waals surface area (Å²) in [4.78, 5) is 10.7. The number of benzene rings is 1. The van der Waals surface area contributed by atoms with Crippen LogP contribution >= 0.6 is 11.3 Å². The highest BCUT2D eigenvalue weighted by Gasteiger charge is 2.52. The zero-order valence-electron chi connectivity index (χ0n) is 17.4. The van der Waals surface area contributed by atoms with Gasteiger partial charge < -0.3 is 9.64 Å². The topological polar surface area (TPSA) is 63.0 Å². The standard InChI is InChI=1S/C22H21F2N5OS/c1-12-8-29-20-16(7-22(9-25-11-26-10-22)21(29)13(2)30-12)6-15(18(23)19(20)24)4-5-17-28-27-14(3)31-17/h6,9-10,12-13,21H,7-8,11H2,1-3H3/t12-,13+,21-/m0/s1. The minimum Gasteiger partial charge on any atom is -0.372 e. The molecule has 1 saturated heterocycles. The average molecular weight is 442 g/mol. The second kappa shape index (κ2) is 7.46. The fourth-order valence-corrected chi connectivity index (χ4v) is 5.48. The number of ether oxygens (including phenoxy) is 1. The summed E-state index contributed by atoms with van der Waals surface area (Å²) in [5.41, 5.74) is 0.446. The van der Waals surface area contributed by atoms with Crippen LogP contribution in [-0.2, 0) is 11.2 Å². The number of morpholine rings is 1. The molecular formula is C22H21F2N5OS. The third-order valence-corrected chi connectivity index (χ3v) is 6.69. The van der Waals surface area contributed by atoms with E-state index >= 15 is 8.78 Å². The van der Waals surface area contributed by atoms with E-state index in [2.05, 4.69) is 32.0 Å². The van der Waals surface area contributed by atoms with Gasteiger partial charge in [-0.2, -0.15) is 0 Å². The van der Waals surface area contributed by atoms with Gasteiger partial charge in [-0.05, 0) is 44.7 Å². The van der Waals surface area contributed by atoms with Gasteiger partial charge in [0.1, 0.15) is 11.7 Å². The minimum absolute atomic E-state index is 0.0109. The molecule has 2 aromatic rings. The summed E-state index contributed by atoms with van der Waals surface area (Å²) in [6.45, 7) is 6.55. The van der Waals surface area contributed by atoms with Gasteiger partial charge in [-0.3, -0.25) is 9.98 Å². The summed E-state index contributed by atoms with van der Waals surface area (Å²) >= 11 is 1.31. The normalized spacial score (nSPS) is 25.7. The first-order valence-electron chi connectivity index (χ1n) is 10.1. The molecule has 1 aromatic heterocycles. The Balaban J connectivity index is 1.65. The second-order valence-electron chi connectivity index (χ2n) is 8.24. The van der Waals surface area contributed by atoms with Crippen molar-refractivity contribution >= 4 is 29.5 Å². The SMILES string of the molecule is Cc1nnc(C#Cc2cc3c(c(F)c2F)N2C[C@H](C)O[C@H](C)[C@H]2C2(C=NCN=C2)C3)s1. The number of anilines is 1. The van der Waals surface area contributed by atoms with Crippen LogP contribution in [0.15, 0.2) is 16.1 Å². The first-order chi connectivity index (χ1) is 14.9. The number of aliphatic imine (C=N–C) groups is 2. The van der Waals surface area contributed by atoms with Gasteiger partial charge in [-0.25, -0.2) is 8.78 Å². The van der Waals surface area contributed by atoms with Crippen molar-refractivity contribution < 1.29 is 13.5 Å². The van der Waals surface area contributed by atoms with Crippen LogP contribution in [0.1, 0.15) is 35.0 Å². The molecule has 3 atom stereocenters. The third-order valence-electron chi connectivity index (χ3n) is 5.93. The van der Waals surface area contributed by atoms with Crippen molar-refractivity contribution in [3.8, 4) is 11.8 Å². The minimum atomic E-state index is -0.944. The van der Waals surface area contributed by atoms with Crippen LogP contribution in [0.25, 0.3) is 0 Å². The molecule has 0 N–H and O–H groups in total. The maximum Gasteiger partial charge on any atom is 0.191 e. The van der Waals surface area contributed by atoms with Crippen molar-refractivity contribution in [3.05, 3.63) is 38.8 Å². The molecule has 0 aliphatic carbocycles. The highest BCUT2D eigenvalue weighted by atomic mass is 32.1. The van der Waals surface area contributed by atoms with Crippen molar-refractivity contribution in [1.82, 2.24) is 10.2 Å². The Morgan fingerprint density at radius 3 is 2.65 bits per heavy atom. The van der Waals surface area contributed by atoms with Crippen LogP contribution in [0.4, 0.5) is 14.5 Å². The van der Waals surface area contributed by atoms with Gasteiger partial charge >= 0.3 is 0 Å². The van der Waals surface area contributed by atoms with Crippen LogP contribution in [0.2, 0.25) is 0 Å². The van der Waals surface area contributed by atoms with Crippen molar-refractivity contribution in [2.45, 2.75) is 45.4 Å². The summed E-state index contributed by atoms with van der Waals surface area (Å²) in [7, 11) is 0. The van der Waals surface area contributed by atoms with E-state index in [-0.39, 0.29) is 23.8 Å². The van der Waals surface area contributed by atoms with Crippen LogP contribution in [-0.4, -0.2) is 54.1 Å². The Bertz CT molecular complexity index is 1150. The summed E-state index contributed by atoms with van der Waals surface area (Å²) < 4.78 is 36.6. The molecule has 1 aromatic carbocycles. The van der Waals surface area contributed by atoms with E-state index in [1.807, 2.05) is 38.1 Å². The van der Waals surface area contributed by atoms with Crippen LogP contribution in [0.3, 0.4) is 0 Å². The van der Waals surface area contributed by atoms with E-state index in [0.29, 0.717) is 35.9 Å². The highest BCUT2D eigenvalue weighted by molar-refractivity contribution is 7.11. The number of hydrogen-bond acceptors (Lipinski definition) is 7. The van der Waals surface area contributed by atoms with E-state index in [0.717, 1.165) is 5.01 Å². The molecule has 1 spiro atoms. The van der Waals surface area contributed by atoms with Crippen molar-refractivity contribution in [1.29, 1.82) is 0 Å². The van der Waals surface area contributed by atoms with Gasteiger partial charge in [0, 0.05) is 19.0 Å². The van der Waals surface area contributed by atoms with E-state index in [1.54, 1.807) is 6.07 Å². The van der Waals surface area contributed by atoms with Gasteiger partial charge in [0.2, 0.25) is 0 Å². The van der Waals surface area contributed by atoms with E-state index in [9.17, 15) is 0 Å². The molecule has 3 aliphatic heterocycles. The lowest BCUT2D eigenvalue weighted by Crippen LogP contribution is -2.65. The molecule has 4 heterocycles. The lowest BCUT2D eigenvalue weighted by Gasteiger charge is -2.54. The molecular weight excluding hydrogens is 420 g/mol. The zero-order chi connectivity index (χ0) is 21.8. The number of rotatable bonds is 0. The number of aromatic nitrogens is 2. The molecule has 6 nitrogen and oxygen atoms in total. The van der Waals surface area contributed by atoms with Crippen molar-refractivity contribution in [2.75, 3.05) is 18.1 Å². The summed E-state index contributed by atoms with van der Waals surface area (Å²) in [6, 6.07) is 1.42. The largest absolute Gasteiger partial charge is 0.372 e. The zero-order valence-corrected chi connectivity index (χ0v) is 18.2. The van der Waals surface area contributed by atoms with Crippen molar-refractivity contribution in [2.24, 2.45) is 15.4 Å². The molecule has 0 unspecified atom stereocenters. The monoisotopic (exact) mass is 441 g/mol. The third kappa shape index (κ3) is 3.34. The van der Waals surface area contributed by atoms with Crippen LogP contribution < -0.4 is 4.90 Å². The molecule has 0 bridgehead atoms. The first kappa shape index (κ1) is 20.2. The summed E-state index contributed by atoms with van der Waals surface area (Å²) in [6.07, 6.45) is 3.92. The van der Waals surface area contributed by atoms with Crippen molar-refractivity contribution in [3.63, 3.8) is 0 Å². The molecule has 0 saturated carbocycles. The van der Waals surface area contributed by atoms with E-state index in [1.165, 1.54) is 11.3 Å².